The van der Waals surface area contributed by atoms with Gasteiger partial charge in [0, 0.05) is 12.1 Å². The summed E-state index contributed by atoms with van der Waals surface area (Å²) in [6, 6.07) is 3.06. The summed E-state index contributed by atoms with van der Waals surface area (Å²) < 4.78 is 31.4. The lowest BCUT2D eigenvalue weighted by molar-refractivity contribution is 0.0945. The normalized spacial score (nSPS) is 10.6. The molecular formula is C13H13F2N3O2. The number of nitrogens with one attached hydrogen (secondary N) is 2. The van der Waals surface area contributed by atoms with Gasteiger partial charge in [-0.2, -0.15) is 0 Å². The largest absolute Gasteiger partial charge is 0.447 e. The summed E-state index contributed by atoms with van der Waals surface area (Å²) in [4.78, 5) is 15.7. The molecule has 0 radical (unpaired) electrons. The first-order valence-corrected chi connectivity index (χ1v) is 5.91. The van der Waals surface area contributed by atoms with Crippen LogP contribution in [-0.2, 0) is 13.1 Å². The highest BCUT2D eigenvalue weighted by Gasteiger charge is 2.12. The first-order chi connectivity index (χ1) is 9.60. The molecule has 20 heavy (non-hydrogen) atoms. The highest BCUT2D eigenvalue weighted by Crippen LogP contribution is 2.09. The maximum absolute atomic E-state index is 13.4. The van der Waals surface area contributed by atoms with Crippen molar-refractivity contribution >= 4 is 5.91 Å². The van der Waals surface area contributed by atoms with Crippen LogP contribution in [0, 0.1) is 11.6 Å². The third kappa shape index (κ3) is 3.39. The quantitative estimate of drug-likeness (QED) is 0.873. The minimum Gasteiger partial charge on any atom is -0.447 e. The zero-order valence-electron chi connectivity index (χ0n) is 10.7. The van der Waals surface area contributed by atoms with Gasteiger partial charge in [-0.05, 0) is 25.2 Å². The summed E-state index contributed by atoms with van der Waals surface area (Å²) in [5.74, 6) is -1.29. The number of oxazole rings is 1. The molecule has 1 amide bonds. The van der Waals surface area contributed by atoms with Crippen LogP contribution in [0.25, 0.3) is 0 Å². The molecule has 0 spiro atoms. The molecule has 7 heteroatoms. The topological polar surface area (TPSA) is 67.2 Å². The standard InChI is InChI=1S/C13H13F2N3O2/c1-16-6-12-18-11(7-20-12)13(19)17-5-8-4-9(14)2-3-10(8)15/h2-4,7,16H,5-6H2,1H3,(H,17,19). The fraction of sp³-hybridized carbons (Fsp3) is 0.231. The van der Waals surface area contributed by atoms with Gasteiger partial charge in [0.2, 0.25) is 5.89 Å². The molecule has 0 unspecified atom stereocenters. The molecule has 5 nitrogen and oxygen atoms in total. The van der Waals surface area contributed by atoms with Crippen LogP contribution in [0.3, 0.4) is 0 Å². The van der Waals surface area contributed by atoms with Crippen LogP contribution in [0.15, 0.2) is 28.9 Å². The second kappa shape index (κ2) is 6.25. The highest BCUT2D eigenvalue weighted by atomic mass is 19.1. The number of hydrogen-bond donors (Lipinski definition) is 2. The van der Waals surface area contributed by atoms with Gasteiger partial charge in [-0.3, -0.25) is 4.79 Å². The molecule has 1 aromatic carbocycles. The Balaban J connectivity index is 1.99. The van der Waals surface area contributed by atoms with E-state index in [9.17, 15) is 13.6 Å². The van der Waals surface area contributed by atoms with Gasteiger partial charge in [0.25, 0.3) is 5.91 Å². The lowest BCUT2D eigenvalue weighted by atomic mass is 10.2. The number of hydrogen-bond acceptors (Lipinski definition) is 4. The molecule has 0 bridgehead atoms. The van der Waals surface area contributed by atoms with Crippen LogP contribution >= 0.6 is 0 Å². The van der Waals surface area contributed by atoms with Crippen LogP contribution in [0.2, 0.25) is 0 Å². The maximum Gasteiger partial charge on any atom is 0.273 e. The lowest BCUT2D eigenvalue weighted by Gasteiger charge is -2.04. The third-order valence-corrected chi connectivity index (χ3v) is 2.56. The average Bonchev–Trinajstić information content (AvgIpc) is 2.88. The van der Waals surface area contributed by atoms with Crippen molar-refractivity contribution in [3.05, 3.63) is 53.2 Å². The Morgan fingerprint density at radius 1 is 1.35 bits per heavy atom. The number of halogens is 2. The second-order valence-electron chi connectivity index (χ2n) is 4.08. The van der Waals surface area contributed by atoms with Crippen molar-refractivity contribution in [3.8, 4) is 0 Å². The van der Waals surface area contributed by atoms with Gasteiger partial charge in [0.15, 0.2) is 5.69 Å². The van der Waals surface area contributed by atoms with Gasteiger partial charge in [-0.25, -0.2) is 13.8 Å². The molecule has 0 aliphatic rings. The summed E-state index contributed by atoms with van der Waals surface area (Å²) in [5.41, 5.74) is 0.157. The summed E-state index contributed by atoms with van der Waals surface area (Å²) in [6.07, 6.45) is 1.21. The Labute approximate surface area is 114 Å². The Morgan fingerprint density at radius 3 is 2.90 bits per heavy atom. The van der Waals surface area contributed by atoms with Crippen LogP contribution in [0.4, 0.5) is 8.78 Å². The first-order valence-electron chi connectivity index (χ1n) is 5.91. The van der Waals surface area contributed by atoms with Gasteiger partial charge in [-0.1, -0.05) is 0 Å². The van der Waals surface area contributed by atoms with Gasteiger partial charge >= 0.3 is 0 Å². The molecule has 0 atom stereocenters. The molecule has 0 fully saturated rings. The van der Waals surface area contributed by atoms with Crippen molar-refractivity contribution < 1.29 is 18.0 Å². The Hall–Kier alpha value is -2.28. The number of carbonyl (C=O) groups excluding carboxylic acids is 1. The molecule has 2 N–H and O–H groups in total. The number of carbonyl (C=O) groups is 1. The molecular weight excluding hydrogens is 268 g/mol. The predicted molar refractivity (Wildman–Crippen MR) is 66.8 cm³/mol. The lowest BCUT2D eigenvalue weighted by Crippen LogP contribution is -2.23. The summed E-state index contributed by atoms with van der Waals surface area (Å²) in [5, 5.41) is 5.28. The van der Waals surface area contributed by atoms with Crippen LogP contribution in [0.1, 0.15) is 21.9 Å². The van der Waals surface area contributed by atoms with E-state index < -0.39 is 17.5 Å². The number of nitrogens with zero attached hydrogens (tertiary/aromatic N) is 1. The van der Waals surface area contributed by atoms with Crippen molar-refractivity contribution in [2.45, 2.75) is 13.1 Å². The van der Waals surface area contributed by atoms with E-state index in [-0.39, 0.29) is 17.8 Å². The number of aromatic nitrogens is 1. The first kappa shape index (κ1) is 14.1. The third-order valence-electron chi connectivity index (χ3n) is 2.56. The molecule has 1 aromatic heterocycles. The zero-order valence-corrected chi connectivity index (χ0v) is 10.7. The Kier molecular flexibility index (Phi) is 4.41. The second-order valence-corrected chi connectivity index (χ2v) is 4.08. The monoisotopic (exact) mass is 281 g/mol. The molecule has 0 saturated carbocycles. The predicted octanol–water partition coefficient (Wildman–Crippen LogP) is 1.60. The van der Waals surface area contributed by atoms with Crippen LogP contribution in [-0.4, -0.2) is 17.9 Å². The van der Waals surface area contributed by atoms with Gasteiger partial charge in [0.05, 0.1) is 6.54 Å². The molecule has 2 aromatic rings. The van der Waals surface area contributed by atoms with E-state index in [0.29, 0.717) is 12.4 Å². The minimum atomic E-state index is -0.581. The van der Waals surface area contributed by atoms with Gasteiger partial charge < -0.3 is 15.1 Å². The van der Waals surface area contributed by atoms with Crippen molar-refractivity contribution in [1.82, 2.24) is 15.6 Å². The summed E-state index contributed by atoms with van der Waals surface area (Å²) in [7, 11) is 1.72. The van der Waals surface area contributed by atoms with Crippen LogP contribution in [0.5, 0.6) is 0 Å². The zero-order chi connectivity index (χ0) is 14.5. The Bertz CT molecular complexity index is 613. The van der Waals surface area contributed by atoms with Gasteiger partial charge in [0.1, 0.15) is 17.9 Å². The molecule has 2 rings (SSSR count). The van der Waals surface area contributed by atoms with Crippen molar-refractivity contribution in [2.24, 2.45) is 0 Å². The fourth-order valence-electron chi connectivity index (χ4n) is 1.59. The highest BCUT2D eigenvalue weighted by molar-refractivity contribution is 5.91. The van der Waals surface area contributed by atoms with Gasteiger partial charge in [-0.15, -0.1) is 0 Å². The van der Waals surface area contributed by atoms with E-state index in [0.717, 1.165) is 18.2 Å². The van der Waals surface area contributed by atoms with E-state index in [1.807, 2.05) is 0 Å². The average molecular weight is 281 g/mol. The molecule has 1 heterocycles. The molecule has 0 saturated heterocycles. The van der Waals surface area contributed by atoms with Crippen molar-refractivity contribution in [1.29, 1.82) is 0 Å². The van der Waals surface area contributed by atoms with E-state index in [1.54, 1.807) is 7.05 Å². The van der Waals surface area contributed by atoms with Crippen LogP contribution < -0.4 is 10.6 Å². The van der Waals surface area contributed by atoms with E-state index in [1.165, 1.54) is 6.26 Å². The smallest absolute Gasteiger partial charge is 0.273 e. The SMILES string of the molecule is CNCc1nc(C(=O)NCc2cc(F)ccc2F)co1. The van der Waals surface area contributed by atoms with E-state index >= 15 is 0 Å². The molecule has 0 aliphatic heterocycles. The summed E-state index contributed by atoms with van der Waals surface area (Å²) >= 11 is 0. The van der Waals surface area contributed by atoms with Crippen molar-refractivity contribution in [2.75, 3.05) is 7.05 Å². The minimum absolute atomic E-state index is 0.0669. The summed E-state index contributed by atoms with van der Waals surface area (Å²) in [6.45, 7) is 0.266. The molecule has 0 aliphatic carbocycles. The van der Waals surface area contributed by atoms with Crippen molar-refractivity contribution in [3.63, 3.8) is 0 Å². The number of amides is 1. The maximum atomic E-state index is 13.4. The number of rotatable bonds is 5. The fourth-order valence-corrected chi connectivity index (χ4v) is 1.59. The molecule has 106 valence electrons. The Morgan fingerprint density at radius 2 is 2.15 bits per heavy atom. The number of benzene rings is 1. The van der Waals surface area contributed by atoms with E-state index in [2.05, 4.69) is 15.6 Å². The van der Waals surface area contributed by atoms with E-state index in [4.69, 9.17) is 4.42 Å².